The molecule has 2 heterocycles. The monoisotopic (exact) mass is 383 g/mol. The van der Waals surface area contributed by atoms with Crippen molar-refractivity contribution in [3.63, 3.8) is 0 Å². The predicted molar refractivity (Wildman–Crippen MR) is 115 cm³/mol. The van der Waals surface area contributed by atoms with Crippen molar-refractivity contribution in [1.29, 1.82) is 0 Å². The van der Waals surface area contributed by atoms with Gasteiger partial charge in [-0.2, -0.15) is 4.98 Å². The summed E-state index contributed by atoms with van der Waals surface area (Å²) in [6.07, 6.45) is 17.3. The number of aryl methyl sites for hydroxylation is 1. The fourth-order valence-electron chi connectivity index (χ4n) is 4.03. The number of nitrogens with zero attached hydrogens (tertiary/aromatic N) is 2. The molecule has 1 fully saturated rings. The lowest BCUT2D eigenvalue weighted by atomic mass is 10.0. The largest absolute Gasteiger partial charge is 0.337 e. The SMILES string of the molecule is CCCCCCCCCCCCc1ccc(-c2noc(C3CCCN3)n2)cc1. The fraction of sp³-hybridized carbons (Fsp3) is 0.667. The van der Waals surface area contributed by atoms with Gasteiger partial charge in [-0.05, 0) is 37.8 Å². The molecule has 1 aromatic carbocycles. The molecule has 0 aliphatic carbocycles. The van der Waals surface area contributed by atoms with Gasteiger partial charge in [0.15, 0.2) is 0 Å². The van der Waals surface area contributed by atoms with Gasteiger partial charge in [0.2, 0.25) is 11.7 Å². The van der Waals surface area contributed by atoms with Gasteiger partial charge in [-0.15, -0.1) is 0 Å². The molecule has 2 aromatic rings. The Hall–Kier alpha value is -1.68. The van der Waals surface area contributed by atoms with Gasteiger partial charge in [-0.3, -0.25) is 0 Å². The molecule has 4 heteroatoms. The van der Waals surface area contributed by atoms with Gasteiger partial charge in [0.05, 0.1) is 6.04 Å². The number of benzene rings is 1. The number of hydrogen-bond acceptors (Lipinski definition) is 4. The van der Waals surface area contributed by atoms with E-state index in [1.165, 1.54) is 82.6 Å². The van der Waals surface area contributed by atoms with E-state index in [-0.39, 0.29) is 6.04 Å². The number of rotatable bonds is 13. The maximum atomic E-state index is 5.45. The van der Waals surface area contributed by atoms with Crippen LogP contribution < -0.4 is 5.32 Å². The smallest absolute Gasteiger partial charge is 0.244 e. The molecule has 1 aromatic heterocycles. The van der Waals surface area contributed by atoms with E-state index in [1.807, 2.05) is 0 Å². The Morgan fingerprint density at radius 2 is 1.61 bits per heavy atom. The van der Waals surface area contributed by atoms with E-state index in [9.17, 15) is 0 Å². The van der Waals surface area contributed by atoms with Crippen LogP contribution in [0.25, 0.3) is 11.4 Å². The van der Waals surface area contributed by atoms with Gasteiger partial charge < -0.3 is 9.84 Å². The molecular weight excluding hydrogens is 346 g/mol. The van der Waals surface area contributed by atoms with Crippen molar-refractivity contribution in [2.24, 2.45) is 0 Å². The van der Waals surface area contributed by atoms with Crippen LogP contribution in [-0.4, -0.2) is 16.7 Å². The van der Waals surface area contributed by atoms with E-state index in [0.29, 0.717) is 5.82 Å². The van der Waals surface area contributed by atoms with Crippen LogP contribution in [-0.2, 0) is 6.42 Å². The maximum absolute atomic E-state index is 5.45. The van der Waals surface area contributed by atoms with Crippen LogP contribution >= 0.6 is 0 Å². The highest BCUT2D eigenvalue weighted by molar-refractivity contribution is 5.54. The Balaban J connectivity index is 1.31. The van der Waals surface area contributed by atoms with Crippen molar-refractivity contribution in [2.75, 3.05) is 6.54 Å². The highest BCUT2D eigenvalue weighted by atomic mass is 16.5. The van der Waals surface area contributed by atoms with E-state index in [1.54, 1.807) is 0 Å². The van der Waals surface area contributed by atoms with Gasteiger partial charge in [0, 0.05) is 5.56 Å². The summed E-state index contributed by atoms with van der Waals surface area (Å²) in [5, 5.41) is 7.56. The summed E-state index contributed by atoms with van der Waals surface area (Å²) in [5.74, 6) is 1.43. The first-order valence-electron chi connectivity index (χ1n) is 11.5. The van der Waals surface area contributed by atoms with Crippen LogP contribution in [0.3, 0.4) is 0 Å². The summed E-state index contributed by atoms with van der Waals surface area (Å²) in [5.41, 5.74) is 2.45. The van der Waals surface area contributed by atoms with E-state index < -0.39 is 0 Å². The second-order valence-electron chi connectivity index (χ2n) is 8.23. The van der Waals surface area contributed by atoms with Crippen molar-refractivity contribution >= 4 is 0 Å². The van der Waals surface area contributed by atoms with Crippen LogP contribution in [0.5, 0.6) is 0 Å². The molecule has 1 aliphatic rings. The number of nitrogens with one attached hydrogen (secondary N) is 1. The van der Waals surface area contributed by atoms with Crippen LogP contribution in [0, 0.1) is 0 Å². The Morgan fingerprint density at radius 3 is 2.25 bits per heavy atom. The third kappa shape index (κ3) is 6.73. The molecule has 3 rings (SSSR count). The zero-order valence-corrected chi connectivity index (χ0v) is 17.6. The number of aromatic nitrogens is 2. The minimum Gasteiger partial charge on any atom is -0.337 e. The van der Waals surface area contributed by atoms with Crippen molar-refractivity contribution in [1.82, 2.24) is 15.5 Å². The summed E-state index contributed by atoms with van der Waals surface area (Å²) in [6, 6.07) is 8.92. The van der Waals surface area contributed by atoms with E-state index in [2.05, 4.69) is 46.6 Å². The summed E-state index contributed by atoms with van der Waals surface area (Å²) in [6.45, 7) is 3.32. The maximum Gasteiger partial charge on any atom is 0.244 e. The summed E-state index contributed by atoms with van der Waals surface area (Å²) in [4.78, 5) is 4.58. The third-order valence-corrected chi connectivity index (χ3v) is 5.83. The van der Waals surface area contributed by atoms with Crippen LogP contribution in [0.15, 0.2) is 28.8 Å². The first-order chi connectivity index (χ1) is 13.9. The van der Waals surface area contributed by atoms with Crippen molar-refractivity contribution in [3.8, 4) is 11.4 Å². The van der Waals surface area contributed by atoms with Crippen molar-refractivity contribution in [2.45, 2.75) is 96.4 Å². The lowest BCUT2D eigenvalue weighted by Gasteiger charge is -2.04. The first-order valence-corrected chi connectivity index (χ1v) is 11.5. The molecule has 1 aliphatic heterocycles. The molecule has 0 amide bonds. The standard InChI is InChI=1S/C24H37N3O/c1-2-3-4-5-6-7-8-9-10-11-13-20-15-17-21(18-16-20)23-26-24(28-27-23)22-14-12-19-25-22/h15-18,22,25H,2-14,19H2,1H3. The van der Waals surface area contributed by atoms with E-state index in [0.717, 1.165) is 24.4 Å². The normalized spacial score (nSPS) is 16.7. The minimum absolute atomic E-state index is 0.233. The zero-order valence-electron chi connectivity index (χ0n) is 17.6. The molecule has 0 spiro atoms. The van der Waals surface area contributed by atoms with Crippen molar-refractivity contribution < 1.29 is 4.52 Å². The summed E-state index contributed by atoms with van der Waals surface area (Å²) < 4.78 is 5.45. The molecule has 28 heavy (non-hydrogen) atoms. The van der Waals surface area contributed by atoms with Gasteiger partial charge >= 0.3 is 0 Å². The Kier molecular flexibility index (Phi) is 9.02. The van der Waals surface area contributed by atoms with Gasteiger partial charge in [0.1, 0.15) is 0 Å². The molecule has 0 saturated carbocycles. The van der Waals surface area contributed by atoms with Crippen LogP contribution in [0.4, 0.5) is 0 Å². The average Bonchev–Trinajstić information content (AvgIpc) is 3.42. The first kappa shape index (κ1) is 21.0. The molecule has 4 nitrogen and oxygen atoms in total. The molecule has 0 radical (unpaired) electrons. The van der Waals surface area contributed by atoms with Crippen LogP contribution in [0.2, 0.25) is 0 Å². The second-order valence-corrected chi connectivity index (χ2v) is 8.23. The Bertz CT molecular complexity index is 659. The second kappa shape index (κ2) is 12.0. The van der Waals surface area contributed by atoms with Gasteiger partial charge in [0.25, 0.3) is 0 Å². The summed E-state index contributed by atoms with van der Waals surface area (Å²) in [7, 11) is 0. The Morgan fingerprint density at radius 1 is 0.929 bits per heavy atom. The molecule has 1 unspecified atom stereocenters. The van der Waals surface area contributed by atoms with Gasteiger partial charge in [-0.25, -0.2) is 0 Å². The van der Waals surface area contributed by atoms with Crippen molar-refractivity contribution in [3.05, 3.63) is 35.7 Å². The molecule has 1 atom stereocenters. The molecule has 1 N–H and O–H groups in total. The topological polar surface area (TPSA) is 51.0 Å². The fourth-order valence-corrected chi connectivity index (χ4v) is 4.03. The summed E-state index contributed by atoms with van der Waals surface area (Å²) >= 11 is 0. The average molecular weight is 384 g/mol. The number of hydrogen-bond donors (Lipinski definition) is 1. The van der Waals surface area contributed by atoms with Crippen LogP contribution in [0.1, 0.15) is 101 Å². The lowest BCUT2D eigenvalue weighted by Crippen LogP contribution is -2.12. The lowest BCUT2D eigenvalue weighted by molar-refractivity contribution is 0.345. The van der Waals surface area contributed by atoms with Gasteiger partial charge in [-0.1, -0.05) is 94.1 Å². The Labute approximate surface area is 170 Å². The highest BCUT2D eigenvalue weighted by Crippen LogP contribution is 2.24. The zero-order chi connectivity index (χ0) is 19.4. The van der Waals surface area contributed by atoms with E-state index >= 15 is 0 Å². The quantitative estimate of drug-likeness (QED) is 0.395. The molecule has 154 valence electrons. The molecule has 1 saturated heterocycles. The minimum atomic E-state index is 0.233. The predicted octanol–water partition coefficient (Wildman–Crippen LogP) is 6.62. The molecule has 0 bridgehead atoms. The number of unbranched alkanes of at least 4 members (excludes halogenated alkanes) is 9. The molecular formula is C24H37N3O. The highest BCUT2D eigenvalue weighted by Gasteiger charge is 2.22. The van der Waals surface area contributed by atoms with E-state index in [4.69, 9.17) is 4.52 Å². The third-order valence-electron chi connectivity index (χ3n) is 5.83.